The number of amides is 1. The first-order valence-corrected chi connectivity index (χ1v) is 8.80. The summed E-state index contributed by atoms with van der Waals surface area (Å²) in [4.78, 5) is 16.0. The molecular formula is C19H24N2O3. The lowest BCUT2D eigenvalue weighted by molar-refractivity contribution is -0.128. The van der Waals surface area contributed by atoms with E-state index in [1.54, 1.807) is 7.11 Å². The zero-order valence-corrected chi connectivity index (χ0v) is 14.1. The fraction of sp³-hybridized carbons (Fsp3) is 0.526. The van der Waals surface area contributed by atoms with Crippen molar-refractivity contribution in [2.24, 2.45) is 5.92 Å². The van der Waals surface area contributed by atoms with Crippen molar-refractivity contribution >= 4 is 16.8 Å². The molecule has 128 valence electrons. The summed E-state index contributed by atoms with van der Waals surface area (Å²) in [6.45, 7) is 1.41. The van der Waals surface area contributed by atoms with E-state index in [4.69, 9.17) is 9.47 Å². The first-order valence-electron chi connectivity index (χ1n) is 8.80. The molecule has 5 heteroatoms. The molecule has 2 aromatic rings. The van der Waals surface area contributed by atoms with E-state index in [0.29, 0.717) is 13.2 Å². The molecule has 1 fully saturated rings. The summed E-state index contributed by atoms with van der Waals surface area (Å²) in [5.74, 6) is 1.19. The van der Waals surface area contributed by atoms with Crippen molar-refractivity contribution in [3.8, 4) is 5.75 Å². The topological polar surface area (TPSA) is 63.3 Å². The number of carbonyl (C=O) groups is 1. The molecule has 1 saturated heterocycles. The second-order valence-electron chi connectivity index (χ2n) is 6.83. The van der Waals surface area contributed by atoms with E-state index in [2.05, 4.69) is 22.4 Å². The largest absolute Gasteiger partial charge is 0.497 e. The second kappa shape index (κ2) is 6.48. The lowest BCUT2D eigenvalue weighted by Crippen LogP contribution is -2.43. The lowest BCUT2D eigenvalue weighted by Gasteiger charge is -2.27. The Hall–Kier alpha value is -2.01. The summed E-state index contributed by atoms with van der Waals surface area (Å²) in [6, 6.07) is 6.36. The van der Waals surface area contributed by atoms with Gasteiger partial charge in [0.25, 0.3) is 0 Å². The molecule has 2 aliphatic rings. The van der Waals surface area contributed by atoms with Crippen LogP contribution in [0.1, 0.15) is 30.5 Å². The lowest BCUT2D eigenvalue weighted by atomic mass is 9.90. The van der Waals surface area contributed by atoms with E-state index in [9.17, 15) is 4.79 Å². The molecule has 5 nitrogen and oxygen atoms in total. The van der Waals surface area contributed by atoms with Crippen LogP contribution in [0, 0.1) is 5.92 Å². The van der Waals surface area contributed by atoms with Crippen LogP contribution in [0.4, 0.5) is 0 Å². The van der Waals surface area contributed by atoms with Crippen LogP contribution >= 0.6 is 0 Å². The number of carbonyl (C=O) groups excluding carboxylic acids is 1. The van der Waals surface area contributed by atoms with E-state index in [-0.39, 0.29) is 17.9 Å². The summed E-state index contributed by atoms with van der Waals surface area (Å²) in [5, 5.41) is 4.49. The van der Waals surface area contributed by atoms with Gasteiger partial charge in [0.05, 0.1) is 7.11 Å². The highest BCUT2D eigenvalue weighted by atomic mass is 16.5. The van der Waals surface area contributed by atoms with Crippen molar-refractivity contribution in [3.63, 3.8) is 0 Å². The number of hydrogen-bond donors (Lipinski definition) is 2. The predicted molar refractivity (Wildman–Crippen MR) is 92.3 cm³/mol. The van der Waals surface area contributed by atoms with Gasteiger partial charge in [-0.2, -0.15) is 0 Å². The molecule has 1 amide bonds. The van der Waals surface area contributed by atoms with Crippen LogP contribution in [0.5, 0.6) is 5.75 Å². The fourth-order valence-electron chi connectivity index (χ4n) is 3.93. The Morgan fingerprint density at radius 1 is 1.29 bits per heavy atom. The molecular weight excluding hydrogens is 304 g/mol. The van der Waals surface area contributed by atoms with Crippen molar-refractivity contribution < 1.29 is 14.3 Å². The van der Waals surface area contributed by atoms with Gasteiger partial charge in [-0.1, -0.05) is 0 Å². The Morgan fingerprint density at radius 3 is 2.92 bits per heavy atom. The standard InChI is InChI=1S/C19H24N2O3/c1-23-14-3-5-18-16(11-14)15-10-13(2-4-17(15)21-18)20-19(22)12-6-8-24-9-7-12/h3,5,11-13,21H,2,4,6-10H2,1H3,(H,20,22). The van der Waals surface area contributed by atoms with Crippen LogP contribution in [-0.4, -0.2) is 37.3 Å². The van der Waals surface area contributed by atoms with Crippen molar-refractivity contribution in [1.29, 1.82) is 0 Å². The maximum atomic E-state index is 12.5. The van der Waals surface area contributed by atoms with Crippen LogP contribution in [-0.2, 0) is 22.4 Å². The Bertz CT molecular complexity index is 746. The average molecular weight is 328 g/mol. The van der Waals surface area contributed by atoms with Crippen LogP contribution in [0.2, 0.25) is 0 Å². The fourth-order valence-corrected chi connectivity index (χ4v) is 3.93. The van der Waals surface area contributed by atoms with E-state index in [1.807, 2.05) is 6.07 Å². The average Bonchev–Trinajstić information content (AvgIpc) is 2.99. The van der Waals surface area contributed by atoms with Crippen LogP contribution in [0.25, 0.3) is 10.9 Å². The third kappa shape index (κ3) is 2.88. The first-order chi connectivity index (χ1) is 11.7. The predicted octanol–water partition coefficient (Wildman–Crippen LogP) is 2.58. The number of fused-ring (bicyclic) bond motifs is 3. The van der Waals surface area contributed by atoms with Crippen molar-refractivity contribution in [3.05, 3.63) is 29.5 Å². The molecule has 0 radical (unpaired) electrons. The zero-order chi connectivity index (χ0) is 16.5. The summed E-state index contributed by atoms with van der Waals surface area (Å²) in [6.07, 6.45) is 4.54. The van der Waals surface area contributed by atoms with Crippen LogP contribution in [0.15, 0.2) is 18.2 Å². The van der Waals surface area contributed by atoms with E-state index < -0.39 is 0 Å². The number of nitrogens with one attached hydrogen (secondary N) is 2. The van der Waals surface area contributed by atoms with Gasteiger partial charge in [0.1, 0.15) is 5.75 Å². The highest BCUT2D eigenvalue weighted by molar-refractivity contribution is 5.86. The minimum atomic E-state index is 0.114. The van der Waals surface area contributed by atoms with E-state index in [0.717, 1.165) is 43.4 Å². The maximum absolute atomic E-state index is 12.5. The second-order valence-corrected chi connectivity index (χ2v) is 6.83. The van der Waals surface area contributed by atoms with Gasteiger partial charge < -0.3 is 19.8 Å². The van der Waals surface area contributed by atoms with Crippen molar-refractivity contribution in [2.45, 2.75) is 38.1 Å². The molecule has 2 heterocycles. The number of methoxy groups -OCH3 is 1. The Kier molecular flexibility index (Phi) is 4.19. The van der Waals surface area contributed by atoms with Gasteiger partial charge in [-0.25, -0.2) is 0 Å². The molecule has 1 aliphatic carbocycles. The molecule has 0 spiro atoms. The third-order valence-corrected chi connectivity index (χ3v) is 5.33. The molecule has 1 aromatic heterocycles. The Balaban J connectivity index is 1.51. The SMILES string of the molecule is COc1ccc2[nH]c3c(c2c1)CC(NC(=O)C1CCOCC1)CC3. The summed E-state index contributed by atoms with van der Waals surface area (Å²) in [7, 11) is 1.69. The number of ether oxygens (including phenoxy) is 2. The van der Waals surface area contributed by atoms with Gasteiger partial charge in [0, 0.05) is 41.8 Å². The number of hydrogen-bond acceptors (Lipinski definition) is 3. The third-order valence-electron chi connectivity index (χ3n) is 5.33. The maximum Gasteiger partial charge on any atom is 0.223 e. The minimum Gasteiger partial charge on any atom is -0.497 e. The monoisotopic (exact) mass is 328 g/mol. The number of aryl methyl sites for hydroxylation is 1. The number of aromatic nitrogens is 1. The molecule has 2 N–H and O–H groups in total. The van der Waals surface area contributed by atoms with Gasteiger partial charge in [-0.15, -0.1) is 0 Å². The summed E-state index contributed by atoms with van der Waals surface area (Å²) >= 11 is 0. The Morgan fingerprint density at radius 2 is 2.12 bits per heavy atom. The highest BCUT2D eigenvalue weighted by Gasteiger charge is 2.27. The molecule has 0 bridgehead atoms. The minimum absolute atomic E-state index is 0.114. The normalized spacial score (nSPS) is 21.5. The Labute approximate surface area is 141 Å². The highest BCUT2D eigenvalue weighted by Crippen LogP contribution is 2.31. The van der Waals surface area contributed by atoms with Crippen molar-refractivity contribution in [2.75, 3.05) is 20.3 Å². The summed E-state index contributed by atoms with van der Waals surface area (Å²) < 4.78 is 10.7. The number of H-pyrrole nitrogens is 1. The number of benzene rings is 1. The number of aromatic amines is 1. The molecule has 1 unspecified atom stereocenters. The van der Waals surface area contributed by atoms with Gasteiger partial charge in [-0.05, 0) is 55.9 Å². The van der Waals surface area contributed by atoms with Gasteiger partial charge in [-0.3, -0.25) is 4.79 Å². The molecule has 1 atom stereocenters. The molecule has 4 rings (SSSR count). The van der Waals surface area contributed by atoms with Gasteiger partial charge in [0.15, 0.2) is 0 Å². The first kappa shape index (κ1) is 15.5. The van der Waals surface area contributed by atoms with Gasteiger partial charge >= 0.3 is 0 Å². The molecule has 24 heavy (non-hydrogen) atoms. The quantitative estimate of drug-likeness (QED) is 0.910. The number of rotatable bonds is 3. The molecule has 0 saturated carbocycles. The smallest absolute Gasteiger partial charge is 0.223 e. The summed E-state index contributed by atoms with van der Waals surface area (Å²) in [5.41, 5.74) is 3.78. The van der Waals surface area contributed by atoms with E-state index >= 15 is 0 Å². The zero-order valence-electron chi connectivity index (χ0n) is 14.1. The van der Waals surface area contributed by atoms with Crippen molar-refractivity contribution in [1.82, 2.24) is 10.3 Å². The van der Waals surface area contributed by atoms with E-state index in [1.165, 1.54) is 16.6 Å². The van der Waals surface area contributed by atoms with Crippen LogP contribution in [0.3, 0.4) is 0 Å². The molecule has 1 aliphatic heterocycles. The van der Waals surface area contributed by atoms with Gasteiger partial charge in [0.2, 0.25) is 5.91 Å². The molecule has 1 aromatic carbocycles. The van der Waals surface area contributed by atoms with Crippen LogP contribution < -0.4 is 10.1 Å².